The molecule has 0 spiro atoms. The number of aliphatic hydroxyl groups excluding tert-OH is 2. The van der Waals surface area contributed by atoms with Crippen LogP contribution in [0.5, 0.6) is 0 Å². The maximum absolute atomic E-state index is 9.21. The van der Waals surface area contributed by atoms with Crippen molar-refractivity contribution in [3.05, 3.63) is 0 Å². The molecule has 3 saturated carbocycles. The standard InChI is InChI=1S/C14H24O2S2/c15-6-8-17-13-5-3-11(10-13)12-2-1-4-14(12,13)18-9-7-16/h11-12,15-16H,1-10H2. The van der Waals surface area contributed by atoms with Crippen LogP contribution in [-0.2, 0) is 0 Å². The van der Waals surface area contributed by atoms with Crippen LogP contribution in [0.2, 0.25) is 0 Å². The molecule has 0 amide bonds. The molecule has 0 aromatic carbocycles. The third kappa shape index (κ3) is 1.79. The minimum Gasteiger partial charge on any atom is -0.396 e. The molecule has 0 saturated heterocycles. The van der Waals surface area contributed by atoms with Crippen LogP contribution in [0.4, 0.5) is 0 Å². The molecule has 104 valence electrons. The first-order chi connectivity index (χ1) is 8.78. The van der Waals surface area contributed by atoms with Gasteiger partial charge in [0, 0.05) is 21.0 Å². The van der Waals surface area contributed by atoms with E-state index in [2.05, 4.69) is 11.8 Å². The number of hydrogen-bond donors (Lipinski definition) is 2. The van der Waals surface area contributed by atoms with E-state index in [0.717, 1.165) is 23.3 Å². The van der Waals surface area contributed by atoms with Gasteiger partial charge in [0.05, 0.1) is 13.2 Å². The zero-order chi connectivity index (χ0) is 12.6. The lowest BCUT2D eigenvalue weighted by Crippen LogP contribution is -2.48. The zero-order valence-corrected chi connectivity index (χ0v) is 12.6. The van der Waals surface area contributed by atoms with Gasteiger partial charge in [-0.2, -0.15) is 23.5 Å². The van der Waals surface area contributed by atoms with Crippen LogP contribution >= 0.6 is 23.5 Å². The second-order valence-corrected chi connectivity index (χ2v) is 8.93. The molecule has 3 fully saturated rings. The molecule has 4 heteroatoms. The summed E-state index contributed by atoms with van der Waals surface area (Å²) in [6.07, 6.45) is 8.26. The SMILES string of the molecule is OCCSC12CCC(C1)C1CCCC12SCCO. The van der Waals surface area contributed by atoms with Gasteiger partial charge in [-0.15, -0.1) is 0 Å². The molecule has 2 bridgehead atoms. The van der Waals surface area contributed by atoms with E-state index in [1.807, 2.05) is 11.8 Å². The molecule has 0 aliphatic heterocycles. The lowest BCUT2D eigenvalue weighted by Gasteiger charge is -2.47. The maximum Gasteiger partial charge on any atom is 0.0521 e. The Hall–Kier alpha value is 0.620. The molecular formula is C14H24O2S2. The highest BCUT2D eigenvalue weighted by atomic mass is 32.2. The van der Waals surface area contributed by atoms with Crippen LogP contribution in [0.15, 0.2) is 0 Å². The van der Waals surface area contributed by atoms with Gasteiger partial charge in [0.1, 0.15) is 0 Å². The Bertz CT molecular complexity index is 312. The third-order valence-corrected chi connectivity index (χ3v) is 9.04. The number of fused-ring (bicyclic) bond motifs is 5. The van der Waals surface area contributed by atoms with E-state index in [1.165, 1.54) is 38.5 Å². The van der Waals surface area contributed by atoms with Crippen LogP contribution in [0.1, 0.15) is 38.5 Å². The molecule has 4 unspecified atom stereocenters. The number of thioether (sulfide) groups is 2. The van der Waals surface area contributed by atoms with E-state index in [4.69, 9.17) is 0 Å². The van der Waals surface area contributed by atoms with Crippen LogP contribution in [0, 0.1) is 11.8 Å². The highest BCUT2D eigenvalue weighted by Gasteiger charge is 2.68. The Balaban J connectivity index is 1.85. The van der Waals surface area contributed by atoms with Crippen LogP contribution < -0.4 is 0 Å². The first-order valence-electron chi connectivity index (χ1n) is 7.28. The van der Waals surface area contributed by atoms with Crippen molar-refractivity contribution in [1.29, 1.82) is 0 Å². The van der Waals surface area contributed by atoms with Crippen molar-refractivity contribution in [3.63, 3.8) is 0 Å². The largest absolute Gasteiger partial charge is 0.396 e. The molecule has 3 rings (SSSR count). The average Bonchev–Trinajstić information content (AvgIpc) is 3.04. The molecule has 0 aromatic heterocycles. The molecule has 18 heavy (non-hydrogen) atoms. The van der Waals surface area contributed by atoms with Gasteiger partial charge >= 0.3 is 0 Å². The van der Waals surface area contributed by atoms with Crippen molar-refractivity contribution >= 4 is 23.5 Å². The molecule has 3 aliphatic rings. The molecule has 3 aliphatic carbocycles. The van der Waals surface area contributed by atoms with E-state index in [0.29, 0.717) is 22.7 Å². The molecule has 4 atom stereocenters. The first kappa shape index (κ1) is 13.6. The Kier molecular flexibility index (Phi) is 3.92. The van der Waals surface area contributed by atoms with Crippen LogP contribution in [0.3, 0.4) is 0 Å². The monoisotopic (exact) mass is 288 g/mol. The second kappa shape index (κ2) is 5.19. The minimum atomic E-state index is 0.308. The number of hydrogen-bond acceptors (Lipinski definition) is 4. The summed E-state index contributed by atoms with van der Waals surface area (Å²) < 4.78 is 0.847. The summed E-state index contributed by atoms with van der Waals surface area (Å²) in [5.74, 6) is 3.62. The highest BCUT2D eigenvalue weighted by molar-refractivity contribution is 8.04. The number of aliphatic hydroxyl groups is 2. The fourth-order valence-electron chi connectivity index (χ4n) is 4.99. The van der Waals surface area contributed by atoms with Crippen molar-refractivity contribution in [2.45, 2.75) is 48.0 Å². The van der Waals surface area contributed by atoms with E-state index >= 15 is 0 Å². The minimum absolute atomic E-state index is 0.308. The smallest absolute Gasteiger partial charge is 0.0521 e. The van der Waals surface area contributed by atoms with Crippen molar-refractivity contribution in [3.8, 4) is 0 Å². The quantitative estimate of drug-likeness (QED) is 0.788. The summed E-state index contributed by atoms with van der Waals surface area (Å²) in [5, 5.41) is 18.4. The van der Waals surface area contributed by atoms with Crippen molar-refractivity contribution in [2.24, 2.45) is 11.8 Å². The summed E-state index contributed by atoms with van der Waals surface area (Å²) >= 11 is 4.11. The van der Waals surface area contributed by atoms with Crippen LogP contribution in [-0.4, -0.2) is 44.4 Å². The Morgan fingerprint density at radius 3 is 2.56 bits per heavy atom. The Labute approximate surface area is 118 Å². The van der Waals surface area contributed by atoms with E-state index in [-0.39, 0.29) is 0 Å². The Morgan fingerprint density at radius 2 is 1.78 bits per heavy atom. The van der Waals surface area contributed by atoms with Crippen molar-refractivity contribution < 1.29 is 10.2 Å². The van der Waals surface area contributed by atoms with E-state index < -0.39 is 0 Å². The molecule has 0 aromatic rings. The second-order valence-electron chi connectivity index (χ2n) is 6.03. The first-order valence-corrected chi connectivity index (χ1v) is 9.25. The van der Waals surface area contributed by atoms with Gasteiger partial charge in [-0.1, -0.05) is 6.42 Å². The third-order valence-electron chi connectivity index (χ3n) is 5.43. The normalized spacial score (nSPS) is 45.7. The van der Waals surface area contributed by atoms with Gasteiger partial charge in [0.25, 0.3) is 0 Å². The highest BCUT2D eigenvalue weighted by Crippen LogP contribution is 2.72. The zero-order valence-electron chi connectivity index (χ0n) is 10.9. The van der Waals surface area contributed by atoms with Gasteiger partial charge in [0.15, 0.2) is 0 Å². The summed E-state index contributed by atoms with van der Waals surface area (Å²) in [6, 6.07) is 0. The average molecular weight is 288 g/mol. The molecule has 2 nitrogen and oxygen atoms in total. The van der Waals surface area contributed by atoms with Gasteiger partial charge in [0.2, 0.25) is 0 Å². The summed E-state index contributed by atoms with van der Waals surface area (Å²) in [5.41, 5.74) is 0. The summed E-state index contributed by atoms with van der Waals surface area (Å²) in [7, 11) is 0. The lowest BCUT2D eigenvalue weighted by atomic mass is 9.80. The van der Waals surface area contributed by atoms with Crippen molar-refractivity contribution in [1.82, 2.24) is 0 Å². The van der Waals surface area contributed by atoms with E-state index in [1.54, 1.807) is 0 Å². The van der Waals surface area contributed by atoms with Crippen LogP contribution in [0.25, 0.3) is 0 Å². The predicted molar refractivity (Wildman–Crippen MR) is 79.2 cm³/mol. The fourth-order valence-corrected chi connectivity index (χ4v) is 8.64. The van der Waals surface area contributed by atoms with Gasteiger partial charge < -0.3 is 10.2 Å². The number of rotatable bonds is 6. The lowest BCUT2D eigenvalue weighted by molar-refractivity contribution is 0.299. The topological polar surface area (TPSA) is 40.5 Å². The molecule has 2 N–H and O–H groups in total. The molecule has 0 heterocycles. The van der Waals surface area contributed by atoms with Gasteiger partial charge in [-0.05, 0) is 43.9 Å². The van der Waals surface area contributed by atoms with Gasteiger partial charge in [-0.3, -0.25) is 0 Å². The maximum atomic E-state index is 9.21. The van der Waals surface area contributed by atoms with Gasteiger partial charge in [-0.25, -0.2) is 0 Å². The summed E-state index contributed by atoms with van der Waals surface area (Å²) in [6.45, 7) is 0.618. The van der Waals surface area contributed by atoms with Crippen molar-refractivity contribution in [2.75, 3.05) is 24.7 Å². The summed E-state index contributed by atoms with van der Waals surface area (Å²) in [4.78, 5) is 0. The Morgan fingerprint density at radius 1 is 1.00 bits per heavy atom. The molecule has 0 radical (unpaired) electrons. The van der Waals surface area contributed by atoms with E-state index in [9.17, 15) is 10.2 Å². The fraction of sp³-hybridized carbons (Fsp3) is 1.00. The molecular weight excluding hydrogens is 264 g/mol. The predicted octanol–water partition coefficient (Wildman–Crippen LogP) is 2.53.